The van der Waals surface area contributed by atoms with Crippen molar-refractivity contribution in [2.75, 3.05) is 19.8 Å². The molecule has 21 heavy (non-hydrogen) atoms. The Morgan fingerprint density at radius 3 is 2.57 bits per heavy atom. The van der Waals surface area contributed by atoms with E-state index in [0.717, 1.165) is 6.42 Å². The molecule has 0 spiro atoms. The number of carbonyl (C=O) groups is 2. The molecule has 2 rings (SSSR count). The third-order valence-corrected chi connectivity index (χ3v) is 4.60. The Morgan fingerprint density at radius 1 is 1.43 bits per heavy atom. The molecule has 0 radical (unpaired) electrons. The summed E-state index contributed by atoms with van der Waals surface area (Å²) in [6.45, 7) is 4.83. The quantitative estimate of drug-likeness (QED) is 0.724. The fraction of sp³-hybridized carbons (Fsp3) is 0.786. The largest absolute Gasteiger partial charge is 0.392 e. The van der Waals surface area contributed by atoms with Crippen LogP contribution in [0.15, 0.2) is 0 Å². The van der Waals surface area contributed by atoms with Gasteiger partial charge >= 0.3 is 0 Å². The molecule has 1 aliphatic heterocycles. The van der Waals surface area contributed by atoms with Gasteiger partial charge in [-0.3, -0.25) is 9.59 Å². The summed E-state index contributed by atoms with van der Waals surface area (Å²) < 4.78 is 5.37. The number of nitrogens with zero attached hydrogens (tertiary/aromatic N) is 1. The number of nitrogens with two attached hydrogens (primary N) is 1. The van der Waals surface area contributed by atoms with Crippen LogP contribution in [0.5, 0.6) is 0 Å². The zero-order valence-corrected chi connectivity index (χ0v) is 13.4. The van der Waals surface area contributed by atoms with Crippen LogP contribution in [-0.4, -0.2) is 53.5 Å². The molecule has 3 N–H and O–H groups in total. The van der Waals surface area contributed by atoms with Gasteiger partial charge in [-0.25, -0.2) is 0 Å². The summed E-state index contributed by atoms with van der Waals surface area (Å²) in [6.07, 6.45) is 2.30. The SMILES string of the molecule is CC(C)NC(=O)C1COCCN1C(=O)C1(C(N)=S)CCC1. The molecule has 1 saturated heterocycles. The average Bonchev–Trinajstić information content (AvgIpc) is 2.36. The van der Waals surface area contributed by atoms with Crippen LogP contribution in [0.1, 0.15) is 33.1 Å². The summed E-state index contributed by atoms with van der Waals surface area (Å²) in [5, 5.41) is 2.84. The van der Waals surface area contributed by atoms with Crippen molar-refractivity contribution >= 4 is 29.0 Å². The normalized spacial score (nSPS) is 24.3. The van der Waals surface area contributed by atoms with E-state index in [9.17, 15) is 9.59 Å². The maximum atomic E-state index is 12.9. The van der Waals surface area contributed by atoms with Gasteiger partial charge in [-0.05, 0) is 26.7 Å². The number of ether oxygens (including phenoxy) is 1. The van der Waals surface area contributed by atoms with Crippen molar-refractivity contribution in [3.05, 3.63) is 0 Å². The molecular weight excluding hydrogens is 290 g/mol. The predicted molar refractivity (Wildman–Crippen MR) is 82.7 cm³/mol. The zero-order valence-electron chi connectivity index (χ0n) is 12.6. The molecule has 1 atom stereocenters. The van der Waals surface area contributed by atoms with Crippen molar-refractivity contribution in [3.63, 3.8) is 0 Å². The molecule has 2 aliphatic rings. The molecule has 1 unspecified atom stereocenters. The summed E-state index contributed by atoms with van der Waals surface area (Å²) in [7, 11) is 0. The van der Waals surface area contributed by atoms with Crippen molar-refractivity contribution in [1.29, 1.82) is 0 Å². The summed E-state index contributed by atoms with van der Waals surface area (Å²) >= 11 is 5.10. The molecule has 0 aromatic heterocycles. The van der Waals surface area contributed by atoms with Crippen LogP contribution < -0.4 is 11.1 Å². The number of thiocarbonyl (C=S) groups is 1. The van der Waals surface area contributed by atoms with Crippen molar-refractivity contribution < 1.29 is 14.3 Å². The first-order chi connectivity index (χ1) is 9.88. The second-order valence-electron chi connectivity index (χ2n) is 6.05. The van der Waals surface area contributed by atoms with Gasteiger partial charge in [0.1, 0.15) is 6.04 Å². The summed E-state index contributed by atoms with van der Waals surface area (Å²) in [5.41, 5.74) is 5.05. The first kappa shape index (κ1) is 16.2. The van der Waals surface area contributed by atoms with E-state index < -0.39 is 11.5 Å². The van der Waals surface area contributed by atoms with E-state index in [0.29, 0.717) is 26.0 Å². The van der Waals surface area contributed by atoms with Crippen LogP contribution in [0.2, 0.25) is 0 Å². The van der Waals surface area contributed by atoms with E-state index >= 15 is 0 Å². The molecule has 2 fully saturated rings. The lowest BCUT2D eigenvalue weighted by Crippen LogP contribution is -2.63. The fourth-order valence-corrected chi connectivity index (χ4v) is 3.11. The molecule has 0 aromatic rings. The van der Waals surface area contributed by atoms with Crippen LogP contribution in [0.4, 0.5) is 0 Å². The van der Waals surface area contributed by atoms with E-state index in [1.807, 2.05) is 13.8 Å². The average molecular weight is 313 g/mol. The van der Waals surface area contributed by atoms with E-state index in [2.05, 4.69) is 5.32 Å². The lowest BCUT2D eigenvalue weighted by atomic mass is 9.67. The van der Waals surface area contributed by atoms with Crippen LogP contribution in [-0.2, 0) is 14.3 Å². The Bertz CT molecular complexity index is 449. The van der Waals surface area contributed by atoms with Crippen LogP contribution in [0.25, 0.3) is 0 Å². The van der Waals surface area contributed by atoms with Gasteiger partial charge in [-0.15, -0.1) is 0 Å². The second kappa shape index (κ2) is 6.27. The first-order valence-electron chi connectivity index (χ1n) is 7.37. The van der Waals surface area contributed by atoms with Gasteiger partial charge in [-0.1, -0.05) is 18.6 Å². The van der Waals surface area contributed by atoms with Gasteiger partial charge in [-0.2, -0.15) is 0 Å². The molecule has 1 aliphatic carbocycles. The molecule has 0 bridgehead atoms. The van der Waals surface area contributed by atoms with Crippen LogP contribution >= 0.6 is 12.2 Å². The van der Waals surface area contributed by atoms with E-state index in [-0.39, 0.29) is 29.5 Å². The standard InChI is InChI=1S/C14H23N3O3S/c1-9(2)16-11(18)10-8-20-7-6-17(10)13(19)14(12(15)21)4-3-5-14/h9-10H,3-8H2,1-2H3,(H2,15,21)(H,16,18). The molecule has 0 aromatic carbocycles. The fourth-order valence-electron chi connectivity index (χ4n) is 2.82. The summed E-state index contributed by atoms with van der Waals surface area (Å²) in [4.78, 5) is 27.0. The maximum absolute atomic E-state index is 12.9. The molecule has 2 amide bonds. The van der Waals surface area contributed by atoms with Crippen molar-refractivity contribution in [2.24, 2.45) is 11.1 Å². The topological polar surface area (TPSA) is 84.7 Å². The highest BCUT2D eigenvalue weighted by atomic mass is 32.1. The summed E-state index contributed by atoms with van der Waals surface area (Å²) in [6, 6.07) is -0.579. The van der Waals surface area contributed by atoms with Gasteiger partial charge in [0.25, 0.3) is 0 Å². The van der Waals surface area contributed by atoms with E-state index in [1.165, 1.54) is 0 Å². The molecule has 1 heterocycles. The molecule has 6 nitrogen and oxygen atoms in total. The third-order valence-electron chi connectivity index (χ3n) is 4.21. The van der Waals surface area contributed by atoms with Crippen molar-refractivity contribution in [2.45, 2.75) is 45.2 Å². The third kappa shape index (κ3) is 3.03. The highest BCUT2D eigenvalue weighted by Gasteiger charge is 2.51. The monoisotopic (exact) mass is 313 g/mol. The summed E-state index contributed by atoms with van der Waals surface area (Å²) in [5.74, 6) is -0.302. The van der Waals surface area contributed by atoms with Crippen LogP contribution in [0, 0.1) is 5.41 Å². The predicted octanol–water partition coefficient (Wildman–Crippen LogP) is 0.195. The number of hydrogen-bond donors (Lipinski definition) is 2. The lowest BCUT2D eigenvalue weighted by Gasteiger charge is -2.45. The minimum absolute atomic E-state index is 0.0182. The van der Waals surface area contributed by atoms with Crippen molar-refractivity contribution in [3.8, 4) is 0 Å². The highest BCUT2D eigenvalue weighted by molar-refractivity contribution is 7.80. The Kier molecular flexibility index (Phi) is 4.83. The molecular formula is C14H23N3O3S. The smallest absolute Gasteiger partial charge is 0.245 e. The highest BCUT2D eigenvalue weighted by Crippen LogP contribution is 2.43. The van der Waals surface area contributed by atoms with Gasteiger partial charge in [0.05, 0.1) is 23.6 Å². The van der Waals surface area contributed by atoms with E-state index in [4.69, 9.17) is 22.7 Å². The van der Waals surface area contributed by atoms with E-state index in [1.54, 1.807) is 4.90 Å². The maximum Gasteiger partial charge on any atom is 0.245 e. The van der Waals surface area contributed by atoms with Crippen molar-refractivity contribution in [1.82, 2.24) is 10.2 Å². The Balaban J connectivity index is 2.16. The molecule has 118 valence electrons. The molecule has 7 heteroatoms. The number of morpholine rings is 1. The number of amides is 2. The Hall–Kier alpha value is -1.21. The number of nitrogens with one attached hydrogen (secondary N) is 1. The minimum atomic E-state index is -0.747. The number of hydrogen-bond acceptors (Lipinski definition) is 4. The van der Waals surface area contributed by atoms with Gasteiger partial charge in [0.2, 0.25) is 11.8 Å². The first-order valence-corrected chi connectivity index (χ1v) is 7.78. The number of rotatable bonds is 4. The van der Waals surface area contributed by atoms with Crippen LogP contribution in [0.3, 0.4) is 0 Å². The minimum Gasteiger partial charge on any atom is -0.392 e. The lowest BCUT2D eigenvalue weighted by molar-refractivity contribution is -0.156. The zero-order chi connectivity index (χ0) is 15.6. The van der Waals surface area contributed by atoms with Gasteiger partial charge in [0.15, 0.2) is 0 Å². The second-order valence-corrected chi connectivity index (χ2v) is 6.49. The Labute approximate surface area is 130 Å². The Morgan fingerprint density at radius 2 is 2.10 bits per heavy atom. The van der Waals surface area contributed by atoms with Gasteiger partial charge < -0.3 is 20.7 Å². The van der Waals surface area contributed by atoms with Gasteiger partial charge in [0, 0.05) is 12.6 Å². The number of carbonyl (C=O) groups excluding carboxylic acids is 2. The molecule has 1 saturated carbocycles.